The summed E-state index contributed by atoms with van der Waals surface area (Å²) in [6, 6.07) is 7.37. The van der Waals surface area contributed by atoms with E-state index < -0.39 is 0 Å². The highest BCUT2D eigenvalue weighted by Crippen LogP contribution is 2.21. The van der Waals surface area contributed by atoms with Gasteiger partial charge in [-0.25, -0.2) is 0 Å². The molecule has 15 heavy (non-hydrogen) atoms. The summed E-state index contributed by atoms with van der Waals surface area (Å²) >= 11 is 0. The molecule has 1 amide bonds. The highest BCUT2D eigenvalue weighted by molar-refractivity contribution is 5.95. The molecule has 0 unspecified atom stereocenters. The van der Waals surface area contributed by atoms with Gasteiger partial charge in [0.2, 0.25) is 0 Å². The van der Waals surface area contributed by atoms with Gasteiger partial charge >= 0.3 is 0 Å². The number of hydrogen-bond acceptors (Lipinski definition) is 3. The van der Waals surface area contributed by atoms with Crippen LogP contribution >= 0.6 is 0 Å². The van der Waals surface area contributed by atoms with Crippen LogP contribution in [-0.2, 0) is 16.1 Å². The van der Waals surface area contributed by atoms with E-state index in [0.29, 0.717) is 13.2 Å². The van der Waals surface area contributed by atoms with Crippen molar-refractivity contribution in [1.82, 2.24) is 0 Å². The first-order chi connectivity index (χ1) is 7.33. The van der Waals surface area contributed by atoms with Crippen molar-refractivity contribution in [3.8, 4) is 0 Å². The van der Waals surface area contributed by atoms with Crippen LogP contribution in [0.2, 0.25) is 0 Å². The molecule has 1 aromatic carbocycles. The van der Waals surface area contributed by atoms with Crippen LogP contribution in [0, 0.1) is 0 Å². The number of amides is 1. The number of hydrogen-bond donors (Lipinski definition) is 1. The van der Waals surface area contributed by atoms with Crippen LogP contribution in [0.5, 0.6) is 0 Å². The first kappa shape index (κ1) is 10.1. The average Bonchev–Trinajstić information content (AvgIpc) is 2.30. The maximum Gasteiger partial charge on any atom is 0.253 e. The molecule has 1 aromatic rings. The van der Waals surface area contributed by atoms with E-state index in [1.807, 2.05) is 24.3 Å². The quantitative estimate of drug-likeness (QED) is 0.770. The van der Waals surface area contributed by atoms with Crippen molar-refractivity contribution >= 4 is 11.6 Å². The summed E-state index contributed by atoms with van der Waals surface area (Å²) in [5.41, 5.74) is 1.56. The summed E-state index contributed by atoms with van der Waals surface area (Å²) in [6.45, 7) is 1.17. The second-order valence-corrected chi connectivity index (χ2v) is 3.38. The lowest BCUT2D eigenvalue weighted by Gasteiger charge is -2.28. The molecule has 0 atom stereocenters. The van der Waals surface area contributed by atoms with E-state index in [4.69, 9.17) is 9.84 Å². The predicted octanol–water partition coefficient (Wildman–Crippen LogP) is 0.542. The number of aliphatic hydroxyl groups is 1. The number of nitrogens with zero attached hydrogens (tertiary/aromatic N) is 1. The monoisotopic (exact) mass is 207 g/mol. The molecule has 1 heterocycles. The summed E-state index contributed by atoms with van der Waals surface area (Å²) in [4.78, 5) is 13.2. The topological polar surface area (TPSA) is 49.8 Å². The number of aliphatic hydroxyl groups excluding tert-OH is 1. The van der Waals surface area contributed by atoms with Gasteiger partial charge in [-0.15, -0.1) is 0 Å². The zero-order chi connectivity index (χ0) is 10.7. The maximum absolute atomic E-state index is 11.6. The fourth-order valence-corrected chi connectivity index (χ4v) is 1.68. The number of rotatable bonds is 2. The minimum atomic E-state index is -0.0548. The van der Waals surface area contributed by atoms with Gasteiger partial charge in [-0.05, 0) is 6.07 Å². The van der Waals surface area contributed by atoms with E-state index in [9.17, 15) is 4.79 Å². The third-order valence-corrected chi connectivity index (χ3v) is 2.44. The summed E-state index contributed by atoms with van der Waals surface area (Å²) in [7, 11) is 0. The second-order valence-electron chi connectivity index (χ2n) is 3.38. The molecular formula is C11H13NO3. The largest absolute Gasteiger partial charge is 0.392 e. The Balaban J connectivity index is 2.30. The maximum atomic E-state index is 11.6. The number of para-hydroxylation sites is 1. The number of ether oxygens (including phenoxy) is 1. The Hall–Kier alpha value is -1.39. The van der Waals surface area contributed by atoms with E-state index >= 15 is 0 Å². The average molecular weight is 207 g/mol. The molecule has 0 radical (unpaired) electrons. The Kier molecular flexibility index (Phi) is 2.99. The van der Waals surface area contributed by atoms with Gasteiger partial charge in [-0.1, -0.05) is 18.2 Å². The smallest absolute Gasteiger partial charge is 0.253 e. The molecule has 4 heteroatoms. The predicted molar refractivity (Wildman–Crippen MR) is 55.5 cm³/mol. The Morgan fingerprint density at radius 2 is 2.20 bits per heavy atom. The second kappa shape index (κ2) is 4.42. The van der Waals surface area contributed by atoms with Crippen LogP contribution in [0.25, 0.3) is 0 Å². The summed E-state index contributed by atoms with van der Waals surface area (Å²) in [6.07, 6.45) is 0. The zero-order valence-electron chi connectivity index (χ0n) is 8.35. The molecule has 0 aromatic heterocycles. The molecule has 2 rings (SSSR count). The van der Waals surface area contributed by atoms with Crippen LogP contribution < -0.4 is 4.90 Å². The first-order valence-electron chi connectivity index (χ1n) is 4.90. The molecule has 80 valence electrons. The van der Waals surface area contributed by atoms with Crippen molar-refractivity contribution in [2.45, 2.75) is 6.61 Å². The van der Waals surface area contributed by atoms with Crippen LogP contribution in [0.3, 0.4) is 0 Å². The molecule has 1 aliphatic rings. The van der Waals surface area contributed by atoms with Gasteiger partial charge in [-0.3, -0.25) is 4.79 Å². The van der Waals surface area contributed by atoms with Gasteiger partial charge < -0.3 is 14.7 Å². The Labute approximate surface area is 88.1 Å². The normalized spacial score (nSPS) is 16.9. The van der Waals surface area contributed by atoms with Crippen molar-refractivity contribution in [3.63, 3.8) is 0 Å². The Morgan fingerprint density at radius 1 is 1.40 bits per heavy atom. The minimum Gasteiger partial charge on any atom is -0.392 e. The Morgan fingerprint density at radius 3 is 2.93 bits per heavy atom. The van der Waals surface area contributed by atoms with Crippen molar-refractivity contribution in [3.05, 3.63) is 29.8 Å². The lowest BCUT2D eigenvalue weighted by molar-refractivity contribution is -0.125. The highest BCUT2D eigenvalue weighted by Gasteiger charge is 2.21. The van der Waals surface area contributed by atoms with E-state index in [1.54, 1.807) is 4.90 Å². The van der Waals surface area contributed by atoms with Crippen LogP contribution in [0.15, 0.2) is 24.3 Å². The standard InChI is InChI=1S/C11H13NO3/c13-7-9-3-1-2-4-10(9)12-5-6-15-8-11(12)14/h1-4,13H,5-8H2. The van der Waals surface area contributed by atoms with Crippen LogP contribution in [0.4, 0.5) is 5.69 Å². The lowest BCUT2D eigenvalue weighted by Crippen LogP contribution is -2.42. The summed E-state index contributed by atoms with van der Waals surface area (Å²) < 4.78 is 5.05. The molecular weight excluding hydrogens is 194 g/mol. The summed E-state index contributed by atoms with van der Waals surface area (Å²) in [5.74, 6) is -0.0536. The lowest BCUT2D eigenvalue weighted by atomic mass is 10.1. The molecule has 1 fully saturated rings. The highest BCUT2D eigenvalue weighted by atomic mass is 16.5. The van der Waals surface area contributed by atoms with Crippen molar-refractivity contribution in [1.29, 1.82) is 0 Å². The molecule has 0 aliphatic carbocycles. The number of benzene rings is 1. The zero-order valence-corrected chi connectivity index (χ0v) is 8.35. The molecule has 0 saturated carbocycles. The third-order valence-electron chi connectivity index (χ3n) is 2.44. The molecule has 1 aliphatic heterocycles. The van der Waals surface area contributed by atoms with Gasteiger partial charge in [0.15, 0.2) is 0 Å². The third kappa shape index (κ3) is 2.00. The SMILES string of the molecule is O=C1COCCN1c1ccccc1CO. The molecule has 1 saturated heterocycles. The number of morpholine rings is 1. The van der Waals surface area contributed by atoms with E-state index in [-0.39, 0.29) is 19.1 Å². The molecule has 4 nitrogen and oxygen atoms in total. The van der Waals surface area contributed by atoms with Gasteiger partial charge in [-0.2, -0.15) is 0 Å². The first-order valence-corrected chi connectivity index (χ1v) is 4.90. The van der Waals surface area contributed by atoms with Crippen LogP contribution in [0.1, 0.15) is 5.56 Å². The van der Waals surface area contributed by atoms with Gasteiger partial charge in [0.25, 0.3) is 5.91 Å². The number of carbonyl (C=O) groups is 1. The van der Waals surface area contributed by atoms with E-state index in [0.717, 1.165) is 11.3 Å². The van der Waals surface area contributed by atoms with Crippen LogP contribution in [-0.4, -0.2) is 30.8 Å². The fourth-order valence-electron chi connectivity index (χ4n) is 1.68. The van der Waals surface area contributed by atoms with Gasteiger partial charge in [0, 0.05) is 17.8 Å². The van der Waals surface area contributed by atoms with E-state index in [1.165, 1.54) is 0 Å². The molecule has 1 N–H and O–H groups in total. The number of carbonyl (C=O) groups excluding carboxylic acids is 1. The summed E-state index contributed by atoms with van der Waals surface area (Å²) in [5, 5.41) is 9.17. The fraction of sp³-hybridized carbons (Fsp3) is 0.364. The minimum absolute atomic E-state index is 0.0536. The van der Waals surface area contributed by atoms with Gasteiger partial charge in [0.05, 0.1) is 13.2 Å². The van der Waals surface area contributed by atoms with Crippen molar-refractivity contribution < 1.29 is 14.6 Å². The van der Waals surface area contributed by atoms with E-state index in [2.05, 4.69) is 0 Å². The molecule has 0 spiro atoms. The Bertz CT molecular complexity index is 365. The van der Waals surface area contributed by atoms with Gasteiger partial charge in [0.1, 0.15) is 6.61 Å². The van der Waals surface area contributed by atoms with Crippen molar-refractivity contribution in [2.75, 3.05) is 24.7 Å². The van der Waals surface area contributed by atoms with Crippen molar-refractivity contribution in [2.24, 2.45) is 0 Å². The number of anilines is 1. The molecule has 0 bridgehead atoms.